The lowest BCUT2D eigenvalue weighted by Gasteiger charge is -2.14. The maximum atomic E-state index is 12.1. The van der Waals surface area contributed by atoms with Gasteiger partial charge in [0.05, 0.1) is 0 Å². The lowest BCUT2D eigenvalue weighted by atomic mass is 10.2. The van der Waals surface area contributed by atoms with Crippen LogP contribution in [0.15, 0.2) is 30.9 Å². The van der Waals surface area contributed by atoms with Gasteiger partial charge in [0.25, 0.3) is 0 Å². The zero-order valence-corrected chi connectivity index (χ0v) is 12.2. The van der Waals surface area contributed by atoms with Crippen LogP contribution in [0.25, 0.3) is 0 Å². The smallest absolute Gasteiger partial charge is 0.249 e. The van der Waals surface area contributed by atoms with E-state index in [1.807, 2.05) is 25.1 Å². The minimum Gasteiger partial charge on any atom is -0.324 e. The molecule has 0 fully saturated rings. The molecule has 0 aliphatic heterocycles. The summed E-state index contributed by atoms with van der Waals surface area (Å²) in [6.45, 7) is 3.77. The van der Waals surface area contributed by atoms with Gasteiger partial charge in [0.15, 0.2) is 0 Å². The highest BCUT2D eigenvalue weighted by Gasteiger charge is 2.16. The third kappa shape index (κ3) is 2.69. The fourth-order valence-electron chi connectivity index (χ4n) is 1.52. The second kappa shape index (κ2) is 5.47. The van der Waals surface area contributed by atoms with Crippen LogP contribution in [0.3, 0.4) is 0 Å². The Bertz CT molecular complexity index is 553. The molecule has 18 heavy (non-hydrogen) atoms. The highest BCUT2D eigenvalue weighted by Crippen LogP contribution is 2.21. The third-order valence-corrected chi connectivity index (χ3v) is 3.91. The molecule has 0 aliphatic carbocycles. The van der Waals surface area contributed by atoms with Crippen molar-refractivity contribution < 1.29 is 4.79 Å². The van der Waals surface area contributed by atoms with Gasteiger partial charge in [-0.15, -0.1) is 0 Å². The minimum atomic E-state index is -0.384. The van der Waals surface area contributed by atoms with Crippen molar-refractivity contribution >= 4 is 34.2 Å². The number of nitrogens with zero attached hydrogens (tertiary/aromatic N) is 3. The van der Waals surface area contributed by atoms with Crippen LogP contribution < -0.4 is 5.32 Å². The van der Waals surface area contributed by atoms with Crippen molar-refractivity contribution in [2.75, 3.05) is 5.32 Å². The standard InChI is InChI=1S/C12H13IN4O/c1-8-10(13)4-3-5-11(8)16-12(18)9(2)17-7-14-6-15-17/h3-7,9H,1-2H3,(H,16,18). The Labute approximate surface area is 119 Å². The zero-order valence-electron chi connectivity index (χ0n) is 10.1. The maximum Gasteiger partial charge on any atom is 0.249 e. The summed E-state index contributed by atoms with van der Waals surface area (Å²) in [5.41, 5.74) is 1.90. The molecule has 0 spiro atoms. The predicted octanol–water partition coefficient (Wildman–Crippen LogP) is 2.39. The molecule has 94 valence electrons. The molecule has 2 aromatic rings. The third-order valence-electron chi connectivity index (χ3n) is 2.74. The summed E-state index contributed by atoms with van der Waals surface area (Å²) in [7, 11) is 0. The van der Waals surface area contributed by atoms with E-state index in [1.165, 1.54) is 17.3 Å². The van der Waals surface area contributed by atoms with Crippen molar-refractivity contribution in [2.45, 2.75) is 19.9 Å². The van der Waals surface area contributed by atoms with Crippen LogP contribution in [0.1, 0.15) is 18.5 Å². The summed E-state index contributed by atoms with van der Waals surface area (Å²) in [6.07, 6.45) is 2.95. The van der Waals surface area contributed by atoms with Crippen LogP contribution in [0.4, 0.5) is 5.69 Å². The van der Waals surface area contributed by atoms with E-state index in [0.717, 1.165) is 14.8 Å². The minimum absolute atomic E-state index is 0.106. The molecule has 0 bridgehead atoms. The number of rotatable bonds is 3. The van der Waals surface area contributed by atoms with Crippen molar-refractivity contribution in [2.24, 2.45) is 0 Å². The fourth-order valence-corrected chi connectivity index (χ4v) is 2.02. The number of carbonyl (C=O) groups excluding carboxylic acids is 1. The van der Waals surface area contributed by atoms with E-state index < -0.39 is 0 Å². The summed E-state index contributed by atoms with van der Waals surface area (Å²) >= 11 is 2.25. The number of halogens is 1. The molecular weight excluding hydrogens is 343 g/mol. The molecule has 5 nitrogen and oxygen atoms in total. The monoisotopic (exact) mass is 356 g/mol. The van der Waals surface area contributed by atoms with Gasteiger partial charge in [-0.3, -0.25) is 4.79 Å². The molecule has 2 rings (SSSR count). The van der Waals surface area contributed by atoms with Crippen LogP contribution in [0.5, 0.6) is 0 Å². The van der Waals surface area contributed by atoms with Gasteiger partial charge in [-0.1, -0.05) is 6.07 Å². The lowest BCUT2D eigenvalue weighted by molar-refractivity contribution is -0.119. The number of benzene rings is 1. The molecule has 6 heteroatoms. The van der Waals surface area contributed by atoms with Gasteiger partial charge in [0, 0.05) is 9.26 Å². The molecule has 0 aliphatic rings. The van der Waals surface area contributed by atoms with Crippen LogP contribution in [-0.2, 0) is 4.79 Å². The van der Waals surface area contributed by atoms with Crippen molar-refractivity contribution in [1.82, 2.24) is 14.8 Å². The molecule has 1 unspecified atom stereocenters. The molecule has 1 N–H and O–H groups in total. The molecule has 1 heterocycles. The number of hydrogen-bond donors (Lipinski definition) is 1. The van der Waals surface area contributed by atoms with E-state index in [0.29, 0.717) is 0 Å². The van der Waals surface area contributed by atoms with Gasteiger partial charge < -0.3 is 5.32 Å². The molecule has 0 saturated heterocycles. The Morgan fingerprint density at radius 1 is 1.50 bits per heavy atom. The number of anilines is 1. The first-order valence-corrected chi connectivity index (χ1v) is 6.57. The summed E-state index contributed by atoms with van der Waals surface area (Å²) in [5, 5.41) is 6.87. The van der Waals surface area contributed by atoms with Crippen LogP contribution in [-0.4, -0.2) is 20.7 Å². The first-order chi connectivity index (χ1) is 8.59. The normalized spacial score (nSPS) is 12.2. The Kier molecular flexibility index (Phi) is 3.95. The maximum absolute atomic E-state index is 12.1. The largest absolute Gasteiger partial charge is 0.324 e. The van der Waals surface area contributed by atoms with Crippen LogP contribution in [0, 0.1) is 10.5 Å². The van der Waals surface area contributed by atoms with E-state index in [-0.39, 0.29) is 11.9 Å². The van der Waals surface area contributed by atoms with Crippen molar-refractivity contribution in [1.29, 1.82) is 0 Å². The second-order valence-electron chi connectivity index (χ2n) is 3.95. The van der Waals surface area contributed by atoms with Gasteiger partial charge in [-0.05, 0) is 54.1 Å². The summed E-state index contributed by atoms with van der Waals surface area (Å²) in [5.74, 6) is -0.106. The Morgan fingerprint density at radius 2 is 2.28 bits per heavy atom. The highest BCUT2D eigenvalue weighted by atomic mass is 127. The van der Waals surface area contributed by atoms with E-state index >= 15 is 0 Å². The van der Waals surface area contributed by atoms with E-state index in [9.17, 15) is 4.79 Å². The van der Waals surface area contributed by atoms with Gasteiger partial charge >= 0.3 is 0 Å². The van der Waals surface area contributed by atoms with Crippen molar-refractivity contribution in [3.05, 3.63) is 40.0 Å². The first-order valence-electron chi connectivity index (χ1n) is 5.49. The SMILES string of the molecule is Cc1c(I)cccc1NC(=O)C(C)n1cncn1. The zero-order chi connectivity index (χ0) is 13.1. The lowest BCUT2D eigenvalue weighted by Crippen LogP contribution is -2.24. The number of aromatic nitrogens is 3. The van der Waals surface area contributed by atoms with Crippen molar-refractivity contribution in [3.63, 3.8) is 0 Å². The molecule has 0 radical (unpaired) electrons. The number of hydrogen-bond acceptors (Lipinski definition) is 3. The first kappa shape index (κ1) is 13.0. The predicted molar refractivity (Wildman–Crippen MR) is 77.3 cm³/mol. The molecular formula is C12H13IN4O. The summed E-state index contributed by atoms with van der Waals surface area (Å²) in [4.78, 5) is 15.9. The van der Waals surface area contributed by atoms with E-state index in [4.69, 9.17) is 0 Å². The fraction of sp³-hybridized carbons (Fsp3) is 0.250. The van der Waals surface area contributed by atoms with E-state index in [1.54, 1.807) is 6.92 Å². The van der Waals surface area contributed by atoms with Crippen LogP contribution >= 0.6 is 22.6 Å². The average molecular weight is 356 g/mol. The Hall–Kier alpha value is -1.44. The molecule has 1 aromatic carbocycles. The molecule has 1 atom stereocenters. The number of amides is 1. The van der Waals surface area contributed by atoms with Gasteiger partial charge in [0.1, 0.15) is 18.7 Å². The summed E-state index contributed by atoms with van der Waals surface area (Å²) < 4.78 is 2.65. The molecule has 1 aromatic heterocycles. The summed E-state index contributed by atoms with van der Waals surface area (Å²) in [6, 6.07) is 5.44. The quantitative estimate of drug-likeness (QED) is 0.860. The Balaban J connectivity index is 2.14. The van der Waals surface area contributed by atoms with E-state index in [2.05, 4.69) is 38.0 Å². The van der Waals surface area contributed by atoms with Gasteiger partial charge in [-0.2, -0.15) is 5.10 Å². The second-order valence-corrected chi connectivity index (χ2v) is 5.12. The van der Waals surface area contributed by atoms with Gasteiger partial charge in [0.2, 0.25) is 5.91 Å². The molecule has 0 saturated carbocycles. The molecule has 1 amide bonds. The Morgan fingerprint density at radius 3 is 2.94 bits per heavy atom. The topological polar surface area (TPSA) is 59.8 Å². The average Bonchev–Trinajstić information content (AvgIpc) is 2.87. The van der Waals surface area contributed by atoms with Gasteiger partial charge in [-0.25, -0.2) is 9.67 Å². The highest BCUT2D eigenvalue weighted by molar-refractivity contribution is 14.1. The van der Waals surface area contributed by atoms with Crippen molar-refractivity contribution in [3.8, 4) is 0 Å². The van der Waals surface area contributed by atoms with Crippen LogP contribution in [0.2, 0.25) is 0 Å². The number of carbonyl (C=O) groups is 1. The number of nitrogens with one attached hydrogen (secondary N) is 1.